The van der Waals surface area contributed by atoms with Gasteiger partial charge in [0.25, 0.3) is 0 Å². The summed E-state index contributed by atoms with van der Waals surface area (Å²) in [5.41, 5.74) is 1.85. The molecule has 0 atom stereocenters. The normalized spacial score (nSPS) is 17.0. The number of urea groups is 1. The number of nitrogens with zero attached hydrogens (tertiary/aromatic N) is 6. The van der Waals surface area contributed by atoms with E-state index in [1.54, 1.807) is 0 Å². The van der Waals surface area contributed by atoms with Gasteiger partial charge in [0.2, 0.25) is 0 Å². The van der Waals surface area contributed by atoms with E-state index in [9.17, 15) is 4.79 Å². The summed E-state index contributed by atoms with van der Waals surface area (Å²) >= 11 is 0. The van der Waals surface area contributed by atoms with Crippen LogP contribution < -0.4 is 10.2 Å². The lowest BCUT2D eigenvalue weighted by Gasteiger charge is -2.36. The van der Waals surface area contributed by atoms with Gasteiger partial charge < -0.3 is 15.1 Å². The number of nitrogens with one attached hydrogen (secondary N) is 1. The highest BCUT2D eigenvalue weighted by Gasteiger charge is 2.30. The molecule has 0 unspecified atom stereocenters. The van der Waals surface area contributed by atoms with Crippen LogP contribution in [0.5, 0.6) is 0 Å². The lowest BCUT2D eigenvalue weighted by Crippen LogP contribution is -2.53. The molecule has 0 spiro atoms. The van der Waals surface area contributed by atoms with Crippen LogP contribution in [0, 0.1) is 0 Å². The molecule has 1 saturated heterocycles. The number of aromatic nitrogens is 4. The predicted octanol–water partition coefficient (Wildman–Crippen LogP) is 2.93. The van der Waals surface area contributed by atoms with Crippen molar-refractivity contribution in [2.45, 2.75) is 38.6 Å². The van der Waals surface area contributed by atoms with Gasteiger partial charge in [-0.25, -0.2) is 19.4 Å². The van der Waals surface area contributed by atoms with Gasteiger partial charge in [-0.05, 0) is 38.8 Å². The smallest absolute Gasteiger partial charge is 0.317 e. The summed E-state index contributed by atoms with van der Waals surface area (Å²) in [6.07, 6.45) is 4.16. The van der Waals surface area contributed by atoms with E-state index < -0.39 is 0 Å². The third-order valence-electron chi connectivity index (χ3n) is 5.65. The van der Waals surface area contributed by atoms with Gasteiger partial charge in [0, 0.05) is 38.1 Å². The van der Waals surface area contributed by atoms with Crippen molar-refractivity contribution in [2.75, 3.05) is 31.1 Å². The first-order valence-corrected chi connectivity index (χ1v) is 10.7. The van der Waals surface area contributed by atoms with Crippen LogP contribution in [0.2, 0.25) is 0 Å². The standard InChI is InChI=1S/C22H27N7O/c1-15(2)24-22(30)28-12-10-27(11-13-28)20-18-14-23-29(17-6-4-3-5-7-17)21(18)26-19(25-20)16-8-9-16/h3-7,14-16H,8-13H2,1-2H3,(H,24,30). The molecule has 5 rings (SSSR count). The summed E-state index contributed by atoms with van der Waals surface area (Å²) in [6, 6.07) is 10.2. The second kappa shape index (κ2) is 7.59. The average Bonchev–Trinajstić information content (AvgIpc) is 3.52. The first kappa shape index (κ1) is 18.8. The molecule has 2 aliphatic rings. The van der Waals surface area contributed by atoms with E-state index in [1.807, 2.05) is 60.0 Å². The van der Waals surface area contributed by atoms with Gasteiger partial charge in [0.1, 0.15) is 11.6 Å². The number of fused-ring (bicyclic) bond motifs is 1. The van der Waals surface area contributed by atoms with Crippen molar-refractivity contribution in [1.82, 2.24) is 30.0 Å². The molecular weight excluding hydrogens is 378 g/mol. The molecule has 3 heterocycles. The number of para-hydroxylation sites is 1. The highest BCUT2D eigenvalue weighted by Crippen LogP contribution is 2.40. The molecule has 8 nitrogen and oxygen atoms in total. The van der Waals surface area contributed by atoms with Gasteiger partial charge >= 0.3 is 6.03 Å². The van der Waals surface area contributed by atoms with Crippen LogP contribution in [-0.4, -0.2) is 62.9 Å². The molecule has 0 bridgehead atoms. The first-order valence-electron chi connectivity index (χ1n) is 10.7. The monoisotopic (exact) mass is 405 g/mol. The van der Waals surface area contributed by atoms with E-state index in [1.165, 1.54) is 0 Å². The van der Waals surface area contributed by atoms with Gasteiger partial charge in [0.15, 0.2) is 5.65 Å². The highest BCUT2D eigenvalue weighted by atomic mass is 16.2. The summed E-state index contributed by atoms with van der Waals surface area (Å²) in [5.74, 6) is 2.30. The molecular formula is C22H27N7O. The van der Waals surface area contributed by atoms with Gasteiger partial charge in [-0.15, -0.1) is 0 Å². The molecule has 2 aromatic heterocycles. The van der Waals surface area contributed by atoms with Gasteiger partial charge in [-0.3, -0.25) is 0 Å². The minimum Gasteiger partial charge on any atom is -0.352 e. The summed E-state index contributed by atoms with van der Waals surface area (Å²) in [5, 5.41) is 8.57. The van der Waals surface area contributed by atoms with Crippen molar-refractivity contribution >= 4 is 22.9 Å². The van der Waals surface area contributed by atoms with Gasteiger partial charge in [0.05, 0.1) is 17.3 Å². The minimum atomic E-state index is 0.00745. The Hall–Kier alpha value is -3.16. The Balaban J connectivity index is 1.46. The van der Waals surface area contributed by atoms with E-state index in [0.29, 0.717) is 19.0 Å². The van der Waals surface area contributed by atoms with Crippen molar-refractivity contribution in [2.24, 2.45) is 0 Å². The second-order valence-electron chi connectivity index (χ2n) is 8.39. The van der Waals surface area contributed by atoms with Crippen LogP contribution in [0.15, 0.2) is 36.5 Å². The average molecular weight is 406 g/mol. The Morgan fingerprint density at radius 3 is 2.47 bits per heavy atom. The van der Waals surface area contributed by atoms with E-state index in [4.69, 9.17) is 9.97 Å². The zero-order chi connectivity index (χ0) is 20.7. The summed E-state index contributed by atoms with van der Waals surface area (Å²) in [4.78, 5) is 26.3. The number of anilines is 1. The van der Waals surface area contributed by atoms with Crippen molar-refractivity contribution in [3.8, 4) is 5.69 Å². The molecule has 2 amide bonds. The van der Waals surface area contributed by atoms with Gasteiger partial charge in [-0.1, -0.05) is 18.2 Å². The third kappa shape index (κ3) is 3.58. The van der Waals surface area contributed by atoms with Crippen molar-refractivity contribution in [1.29, 1.82) is 0 Å². The van der Waals surface area contributed by atoms with Crippen LogP contribution in [0.1, 0.15) is 38.4 Å². The van der Waals surface area contributed by atoms with Crippen molar-refractivity contribution in [3.05, 3.63) is 42.4 Å². The zero-order valence-electron chi connectivity index (χ0n) is 17.5. The van der Waals surface area contributed by atoms with Gasteiger partial charge in [-0.2, -0.15) is 5.10 Å². The molecule has 8 heteroatoms. The van der Waals surface area contributed by atoms with Crippen LogP contribution in [0.4, 0.5) is 10.6 Å². The number of piperazine rings is 1. The third-order valence-corrected chi connectivity index (χ3v) is 5.65. The van der Waals surface area contributed by atoms with Crippen LogP contribution in [-0.2, 0) is 0 Å². The molecule has 1 N–H and O–H groups in total. The molecule has 1 aliphatic carbocycles. The fraction of sp³-hybridized carbons (Fsp3) is 0.455. The van der Waals surface area contributed by atoms with E-state index in [2.05, 4.69) is 15.3 Å². The fourth-order valence-corrected chi connectivity index (χ4v) is 3.89. The van der Waals surface area contributed by atoms with Crippen molar-refractivity contribution < 1.29 is 4.79 Å². The summed E-state index contributed by atoms with van der Waals surface area (Å²) in [6.45, 7) is 6.81. The van der Waals surface area contributed by atoms with Crippen molar-refractivity contribution in [3.63, 3.8) is 0 Å². The quantitative estimate of drug-likeness (QED) is 0.722. The fourth-order valence-electron chi connectivity index (χ4n) is 3.89. The second-order valence-corrected chi connectivity index (χ2v) is 8.39. The van der Waals surface area contributed by atoms with Crippen LogP contribution in [0.25, 0.3) is 16.7 Å². The van der Waals surface area contributed by atoms with Crippen LogP contribution >= 0.6 is 0 Å². The van der Waals surface area contributed by atoms with E-state index >= 15 is 0 Å². The predicted molar refractivity (Wildman–Crippen MR) is 116 cm³/mol. The molecule has 30 heavy (non-hydrogen) atoms. The Morgan fingerprint density at radius 1 is 1.07 bits per heavy atom. The lowest BCUT2D eigenvalue weighted by atomic mass is 10.2. The zero-order valence-corrected chi connectivity index (χ0v) is 17.5. The molecule has 1 saturated carbocycles. The Labute approximate surface area is 175 Å². The van der Waals surface area contributed by atoms with E-state index in [0.717, 1.165) is 54.3 Å². The first-order chi connectivity index (χ1) is 14.6. The maximum Gasteiger partial charge on any atom is 0.317 e. The molecule has 3 aromatic rings. The maximum atomic E-state index is 12.3. The number of hydrogen-bond donors (Lipinski definition) is 1. The number of carbonyl (C=O) groups is 1. The molecule has 1 aromatic carbocycles. The summed E-state index contributed by atoms with van der Waals surface area (Å²) in [7, 11) is 0. The molecule has 0 radical (unpaired) electrons. The maximum absolute atomic E-state index is 12.3. The molecule has 2 fully saturated rings. The largest absolute Gasteiger partial charge is 0.352 e. The number of carbonyl (C=O) groups excluding carboxylic acids is 1. The van der Waals surface area contributed by atoms with E-state index in [-0.39, 0.29) is 12.1 Å². The number of benzene rings is 1. The summed E-state index contributed by atoms with van der Waals surface area (Å²) < 4.78 is 1.90. The number of rotatable bonds is 4. The minimum absolute atomic E-state index is 0.00745. The van der Waals surface area contributed by atoms with Crippen LogP contribution in [0.3, 0.4) is 0 Å². The Kier molecular flexibility index (Phi) is 4.77. The Bertz CT molecular complexity index is 1050. The SMILES string of the molecule is CC(C)NC(=O)N1CCN(c2nc(C3CC3)nc3c2cnn3-c2ccccc2)CC1. The highest BCUT2D eigenvalue weighted by molar-refractivity contribution is 5.88. The topological polar surface area (TPSA) is 79.2 Å². The molecule has 1 aliphatic heterocycles. The number of amides is 2. The molecule has 156 valence electrons. The number of hydrogen-bond acceptors (Lipinski definition) is 5. The Morgan fingerprint density at radius 2 is 1.80 bits per heavy atom. The lowest BCUT2D eigenvalue weighted by molar-refractivity contribution is 0.192.